The Morgan fingerprint density at radius 1 is 1.17 bits per heavy atom. The predicted octanol–water partition coefficient (Wildman–Crippen LogP) is 3.07. The van der Waals surface area contributed by atoms with Crippen molar-refractivity contribution in [3.05, 3.63) is 58.1 Å². The van der Waals surface area contributed by atoms with Crippen LogP contribution < -0.4 is 15.8 Å². The number of carbonyl (C=O) groups excluding carboxylic acids is 2. The van der Waals surface area contributed by atoms with Gasteiger partial charge >= 0.3 is 0 Å². The number of nitrogens with one attached hydrogen (secondary N) is 1. The molecule has 2 amide bonds. The van der Waals surface area contributed by atoms with Crippen molar-refractivity contribution in [3.8, 4) is 5.75 Å². The van der Waals surface area contributed by atoms with Crippen molar-refractivity contribution in [2.45, 2.75) is 13.8 Å². The number of benzene rings is 2. The van der Waals surface area contributed by atoms with Crippen molar-refractivity contribution in [3.63, 3.8) is 0 Å². The molecule has 0 aliphatic rings. The first kappa shape index (κ1) is 16.8. The Hall–Kier alpha value is -2.53. The maximum Gasteiger partial charge on any atom is 0.262 e. The fourth-order valence-electron chi connectivity index (χ4n) is 2.10. The number of anilines is 1. The highest BCUT2D eigenvalue weighted by Crippen LogP contribution is 2.22. The summed E-state index contributed by atoms with van der Waals surface area (Å²) >= 11 is 5.82. The second-order valence-electron chi connectivity index (χ2n) is 5.16. The first-order valence-corrected chi connectivity index (χ1v) is 7.34. The molecule has 0 spiro atoms. The van der Waals surface area contributed by atoms with Gasteiger partial charge in [-0.3, -0.25) is 9.59 Å². The molecule has 3 N–H and O–H groups in total. The zero-order chi connectivity index (χ0) is 17.0. The molecular weight excluding hydrogens is 316 g/mol. The van der Waals surface area contributed by atoms with Gasteiger partial charge in [-0.25, -0.2) is 0 Å². The average Bonchev–Trinajstić information content (AvgIpc) is 2.48. The summed E-state index contributed by atoms with van der Waals surface area (Å²) < 4.78 is 5.38. The zero-order valence-electron chi connectivity index (χ0n) is 12.9. The molecule has 0 aromatic heterocycles. The van der Waals surface area contributed by atoms with Crippen molar-refractivity contribution in [2.75, 3.05) is 11.9 Å². The maximum absolute atomic E-state index is 12.0. The van der Waals surface area contributed by atoms with E-state index in [0.717, 1.165) is 16.8 Å². The van der Waals surface area contributed by atoms with Crippen LogP contribution in [-0.2, 0) is 4.79 Å². The number of ether oxygens (including phenoxy) is 1. The second-order valence-corrected chi connectivity index (χ2v) is 5.60. The van der Waals surface area contributed by atoms with Gasteiger partial charge in [-0.2, -0.15) is 0 Å². The van der Waals surface area contributed by atoms with E-state index in [1.165, 1.54) is 12.1 Å². The van der Waals surface area contributed by atoms with Gasteiger partial charge in [-0.05, 0) is 43.7 Å². The largest absolute Gasteiger partial charge is 0.483 e. The number of carbonyl (C=O) groups is 2. The lowest BCUT2D eigenvalue weighted by Gasteiger charge is -2.12. The third kappa shape index (κ3) is 4.47. The smallest absolute Gasteiger partial charge is 0.262 e. The number of aryl methyl sites for hydroxylation is 2. The lowest BCUT2D eigenvalue weighted by atomic mass is 10.1. The Morgan fingerprint density at radius 2 is 1.91 bits per heavy atom. The zero-order valence-corrected chi connectivity index (χ0v) is 13.6. The molecule has 0 aliphatic carbocycles. The summed E-state index contributed by atoms with van der Waals surface area (Å²) in [5.74, 6) is -0.780. The third-order valence-electron chi connectivity index (χ3n) is 3.22. The van der Waals surface area contributed by atoms with Crippen LogP contribution in [0.15, 0.2) is 36.4 Å². The number of hydrogen-bond donors (Lipinski definition) is 2. The monoisotopic (exact) mass is 332 g/mol. The highest BCUT2D eigenvalue weighted by Gasteiger charge is 2.12. The van der Waals surface area contributed by atoms with E-state index >= 15 is 0 Å². The number of hydrogen-bond acceptors (Lipinski definition) is 3. The van der Waals surface area contributed by atoms with Crippen LogP contribution in [0.25, 0.3) is 0 Å². The molecule has 2 aromatic carbocycles. The molecule has 2 rings (SSSR count). The average molecular weight is 333 g/mol. The molecule has 0 radical (unpaired) electrons. The van der Waals surface area contributed by atoms with Crippen molar-refractivity contribution in [2.24, 2.45) is 5.73 Å². The summed E-state index contributed by atoms with van der Waals surface area (Å²) in [5, 5.41) is 3.13. The first-order chi connectivity index (χ1) is 10.9. The summed E-state index contributed by atoms with van der Waals surface area (Å²) in [6.45, 7) is 3.65. The van der Waals surface area contributed by atoms with Gasteiger partial charge in [0, 0.05) is 10.7 Å². The molecule has 0 atom stereocenters. The number of rotatable bonds is 5. The maximum atomic E-state index is 12.0. The van der Waals surface area contributed by atoms with Gasteiger partial charge in [-0.1, -0.05) is 29.3 Å². The van der Waals surface area contributed by atoms with E-state index in [4.69, 9.17) is 22.1 Å². The lowest BCUT2D eigenvalue weighted by molar-refractivity contribution is -0.118. The van der Waals surface area contributed by atoms with Crippen LogP contribution in [0.2, 0.25) is 5.02 Å². The predicted molar refractivity (Wildman–Crippen MR) is 90.0 cm³/mol. The van der Waals surface area contributed by atoms with Gasteiger partial charge in [0.1, 0.15) is 5.75 Å². The molecule has 6 heteroatoms. The van der Waals surface area contributed by atoms with Gasteiger partial charge in [0.15, 0.2) is 6.61 Å². The highest BCUT2D eigenvalue weighted by atomic mass is 35.5. The standard InChI is InChI=1S/C17H17ClN2O3/c1-10-3-5-14(11(2)7-10)20-16(21)9-23-15-6-4-12(18)8-13(15)17(19)22/h3-8H,9H2,1-2H3,(H2,19,22)(H,20,21). The number of halogens is 1. The Kier molecular flexibility index (Phi) is 5.24. The Morgan fingerprint density at radius 3 is 2.57 bits per heavy atom. The molecule has 5 nitrogen and oxygen atoms in total. The van der Waals surface area contributed by atoms with Gasteiger partial charge < -0.3 is 15.8 Å². The molecule has 23 heavy (non-hydrogen) atoms. The van der Waals surface area contributed by atoms with E-state index in [1.807, 2.05) is 32.0 Å². The topological polar surface area (TPSA) is 81.4 Å². The summed E-state index contributed by atoms with van der Waals surface area (Å²) in [7, 11) is 0. The SMILES string of the molecule is Cc1ccc(NC(=O)COc2ccc(Cl)cc2C(N)=O)c(C)c1. The fraction of sp³-hybridized carbons (Fsp3) is 0.176. The minimum atomic E-state index is -0.669. The van der Waals surface area contributed by atoms with Crippen LogP contribution >= 0.6 is 11.6 Å². The molecule has 120 valence electrons. The number of primary amides is 1. The Bertz CT molecular complexity index is 759. The van der Waals surface area contributed by atoms with Crippen LogP contribution in [0.4, 0.5) is 5.69 Å². The van der Waals surface area contributed by atoms with Crippen LogP contribution in [-0.4, -0.2) is 18.4 Å². The third-order valence-corrected chi connectivity index (χ3v) is 3.46. The van der Waals surface area contributed by atoms with Crippen LogP contribution in [0.1, 0.15) is 21.5 Å². The quantitative estimate of drug-likeness (QED) is 0.882. The summed E-state index contributed by atoms with van der Waals surface area (Å²) in [4.78, 5) is 23.4. The molecule has 0 saturated heterocycles. The Balaban J connectivity index is 2.03. The van der Waals surface area contributed by atoms with E-state index in [-0.39, 0.29) is 23.8 Å². The van der Waals surface area contributed by atoms with E-state index < -0.39 is 5.91 Å². The van der Waals surface area contributed by atoms with Gasteiger partial charge in [-0.15, -0.1) is 0 Å². The molecule has 0 fully saturated rings. The molecule has 0 bridgehead atoms. The second kappa shape index (κ2) is 7.15. The van der Waals surface area contributed by atoms with Crippen LogP contribution in [0, 0.1) is 13.8 Å². The summed E-state index contributed by atoms with van der Waals surface area (Å²) in [6.07, 6.45) is 0. The van der Waals surface area contributed by atoms with Gasteiger partial charge in [0.2, 0.25) is 0 Å². The summed E-state index contributed by atoms with van der Waals surface area (Å²) in [5.41, 5.74) is 8.20. The minimum Gasteiger partial charge on any atom is -0.483 e. The van der Waals surface area contributed by atoms with Gasteiger partial charge in [0.25, 0.3) is 11.8 Å². The number of nitrogens with two attached hydrogens (primary N) is 1. The number of amides is 2. The van der Waals surface area contributed by atoms with Crippen LogP contribution in [0.3, 0.4) is 0 Å². The molecular formula is C17H17ClN2O3. The van der Waals surface area contributed by atoms with E-state index in [0.29, 0.717) is 5.02 Å². The van der Waals surface area contributed by atoms with Crippen molar-refractivity contribution < 1.29 is 14.3 Å². The van der Waals surface area contributed by atoms with E-state index in [2.05, 4.69) is 5.32 Å². The van der Waals surface area contributed by atoms with Gasteiger partial charge in [0.05, 0.1) is 5.56 Å². The van der Waals surface area contributed by atoms with Crippen molar-refractivity contribution in [1.82, 2.24) is 0 Å². The molecule has 2 aromatic rings. The van der Waals surface area contributed by atoms with Crippen LogP contribution in [0.5, 0.6) is 5.75 Å². The molecule has 0 saturated carbocycles. The Labute approximate surface area is 139 Å². The van der Waals surface area contributed by atoms with Crippen molar-refractivity contribution >= 4 is 29.1 Å². The molecule has 0 aliphatic heterocycles. The fourth-order valence-corrected chi connectivity index (χ4v) is 2.28. The van der Waals surface area contributed by atoms with E-state index in [1.54, 1.807) is 6.07 Å². The normalized spacial score (nSPS) is 10.2. The minimum absolute atomic E-state index is 0.136. The summed E-state index contributed by atoms with van der Waals surface area (Å²) in [6, 6.07) is 10.2. The molecule has 0 heterocycles. The highest BCUT2D eigenvalue weighted by molar-refractivity contribution is 6.31. The lowest BCUT2D eigenvalue weighted by Crippen LogP contribution is -2.22. The van der Waals surface area contributed by atoms with E-state index in [9.17, 15) is 9.59 Å². The van der Waals surface area contributed by atoms with Crippen molar-refractivity contribution in [1.29, 1.82) is 0 Å². The first-order valence-electron chi connectivity index (χ1n) is 6.96. The molecule has 0 unspecified atom stereocenters.